The molecular formula is C16H16BrN3O4. The fourth-order valence-electron chi connectivity index (χ4n) is 2.41. The predicted octanol–water partition coefficient (Wildman–Crippen LogP) is 3.17. The summed E-state index contributed by atoms with van der Waals surface area (Å²) in [6, 6.07) is 4.38. The van der Waals surface area contributed by atoms with Gasteiger partial charge in [0, 0.05) is 10.7 Å². The summed E-state index contributed by atoms with van der Waals surface area (Å²) < 4.78 is 10.7. The van der Waals surface area contributed by atoms with Crippen LogP contribution in [0.4, 0.5) is 4.79 Å². The van der Waals surface area contributed by atoms with Crippen LogP contribution in [0.25, 0.3) is 11.6 Å². The lowest BCUT2D eigenvalue weighted by molar-refractivity contribution is -0.140. The standard InChI is InChI=1S/C16H16BrN3O4/c1-3-23-15(21)13(19-18)14-11-6-5-7-12(17)10(11)8-9-20(14)16(22)24-4-2/h5-9,14H,3-4H2,1-2H3. The lowest BCUT2D eigenvalue weighted by Gasteiger charge is -2.29. The van der Waals surface area contributed by atoms with Crippen molar-refractivity contribution in [1.82, 2.24) is 4.90 Å². The molecule has 1 heterocycles. The largest absolute Gasteiger partial charge is 0.457 e. The van der Waals surface area contributed by atoms with Gasteiger partial charge in [-0.05, 0) is 37.1 Å². The van der Waals surface area contributed by atoms with E-state index in [2.05, 4.69) is 20.7 Å². The maximum Gasteiger partial charge on any atom is 0.419 e. The van der Waals surface area contributed by atoms with Crippen LogP contribution in [0, 0.1) is 0 Å². The van der Waals surface area contributed by atoms with Crippen LogP contribution >= 0.6 is 15.9 Å². The van der Waals surface area contributed by atoms with Crippen LogP contribution in [0.15, 0.2) is 28.9 Å². The molecule has 0 saturated heterocycles. The van der Waals surface area contributed by atoms with E-state index in [1.165, 1.54) is 11.1 Å². The Labute approximate surface area is 147 Å². The van der Waals surface area contributed by atoms with Crippen LogP contribution in [-0.2, 0) is 14.3 Å². The zero-order valence-corrected chi connectivity index (χ0v) is 14.8. The minimum absolute atomic E-state index is 0.116. The summed E-state index contributed by atoms with van der Waals surface area (Å²) >= 11 is 3.43. The van der Waals surface area contributed by atoms with Crippen molar-refractivity contribution in [3.05, 3.63) is 45.5 Å². The number of ether oxygens (including phenoxy) is 2. The number of halogens is 1. The van der Waals surface area contributed by atoms with E-state index in [0.29, 0.717) is 5.56 Å². The van der Waals surface area contributed by atoms with Crippen LogP contribution in [0.2, 0.25) is 0 Å². The summed E-state index contributed by atoms with van der Waals surface area (Å²) in [7, 11) is 0. The first-order chi connectivity index (χ1) is 11.5. The molecule has 126 valence electrons. The average Bonchev–Trinajstić information content (AvgIpc) is 2.56. The van der Waals surface area contributed by atoms with Gasteiger partial charge in [-0.1, -0.05) is 28.1 Å². The van der Waals surface area contributed by atoms with Gasteiger partial charge >= 0.3 is 17.8 Å². The Morgan fingerprint density at radius 2 is 2.00 bits per heavy atom. The summed E-state index contributed by atoms with van der Waals surface area (Å²) in [5.74, 6) is -0.805. The lowest BCUT2D eigenvalue weighted by Crippen LogP contribution is -2.41. The van der Waals surface area contributed by atoms with E-state index in [1.807, 2.05) is 6.07 Å². The Morgan fingerprint density at radius 1 is 1.29 bits per heavy atom. The molecule has 0 radical (unpaired) electrons. The normalized spacial score (nSPS) is 15.3. The summed E-state index contributed by atoms with van der Waals surface area (Å²) in [5.41, 5.74) is 10.5. The lowest BCUT2D eigenvalue weighted by atomic mass is 9.93. The summed E-state index contributed by atoms with van der Waals surface area (Å²) in [6.45, 7) is 3.61. The smallest absolute Gasteiger partial charge is 0.419 e. The van der Waals surface area contributed by atoms with Crippen molar-refractivity contribution in [2.24, 2.45) is 0 Å². The molecule has 0 aliphatic carbocycles. The van der Waals surface area contributed by atoms with E-state index >= 15 is 0 Å². The molecule has 0 saturated carbocycles. The minimum Gasteiger partial charge on any atom is -0.457 e. The van der Waals surface area contributed by atoms with Crippen molar-refractivity contribution in [3.63, 3.8) is 0 Å². The van der Waals surface area contributed by atoms with Crippen molar-refractivity contribution in [3.8, 4) is 0 Å². The van der Waals surface area contributed by atoms with Crippen LogP contribution in [0.1, 0.15) is 31.0 Å². The van der Waals surface area contributed by atoms with Gasteiger partial charge in [-0.15, -0.1) is 0 Å². The predicted molar refractivity (Wildman–Crippen MR) is 90.0 cm³/mol. The van der Waals surface area contributed by atoms with Gasteiger partial charge in [-0.25, -0.2) is 9.59 Å². The molecular weight excluding hydrogens is 378 g/mol. The van der Waals surface area contributed by atoms with Crippen LogP contribution in [0.3, 0.4) is 0 Å². The second kappa shape index (κ2) is 7.90. The van der Waals surface area contributed by atoms with Crippen molar-refractivity contribution in [2.75, 3.05) is 13.2 Å². The van der Waals surface area contributed by atoms with Gasteiger partial charge in [0.15, 0.2) is 6.04 Å². The Bertz CT molecular complexity index is 741. The molecule has 0 aromatic heterocycles. The number of esters is 1. The zero-order valence-electron chi connectivity index (χ0n) is 13.2. The molecule has 0 bridgehead atoms. The third-order valence-electron chi connectivity index (χ3n) is 3.39. The molecule has 24 heavy (non-hydrogen) atoms. The Hall–Kier alpha value is -2.44. The van der Waals surface area contributed by atoms with E-state index in [1.54, 1.807) is 32.1 Å². The van der Waals surface area contributed by atoms with E-state index < -0.39 is 18.1 Å². The fraction of sp³-hybridized carbons (Fsp3) is 0.312. The molecule has 7 nitrogen and oxygen atoms in total. The molecule has 1 aromatic rings. The molecule has 1 aliphatic heterocycles. The van der Waals surface area contributed by atoms with Crippen LogP contribution < -0.4 is 0 Å². The second-order valence-corrected chi connectivity index (χ2v) is 5.63. The number of benzene rings is 1. The Kier molecular flexibility index (Phi) is 5.89. The van der Waals surface area contributed by atoms with Gasteiger partial charge in [-0.3, -0.25) is 4.90 Å². The molecule has 8 heteroatoms. The number of fused-ring (bicyclic) bond motifs is 1. The third-order valence-corrected chi connectivity index (χ3v) is 4.08. The van der Waals surface area contributed by atoms with Crippen molar-refractivity contribution < 1.29 is 23.9 Å². The molecule has 0 spiro atoms. The molecule has 0 N–H and O–H groups in total. The molecule has 0 fully saturated rings. The minimum atomic E-state index is -0.953. The van der Waals surface area contributed by atoms with Crippen LogP contribution in [-0.4, -0.2) is 40.7 Å². The van der Waals surface area contributed by atoms with Gasteiger partial charge in [-0.2, -0.15) is 4.79 Å². The van der Waals surface area contributed by atoms with Crippen LogP contribution in [0.5, 0.6) is 0 Å². The second-order valence-electron chi connectivity index (χ2n) is 4.77. The maximum atomic E-state index is 12.3. The molecule has 1 amide bonds. The van der Waals surface area contributed by atoms with E-state index in [0.717, 1.165) is 10.0 Å². The number of carbonyl (C=O) groups is 2. The third kappa shape index (κ3) is 3.39. The van der Waals surface area contributed by atoms with E-state index in [9.17, 15) is 15.1 Å². The Balaban J connectivity index is 2.57. The van der Waals surface area contributed by atoms with Gasteiger partial charge in [0.25, 0.3) is 0 Å². The monoisotopic (exact) mass is 393 g/mol. The highest BCUT2D eigenvalue weighted by Crippen LogP contribution is 2.35. The summed E-state index contributed by atoms with van der Waals surface area (Å²) in [6.07, 6.45) is 2.54. The number of rotatable bonds is 4. The highest BCUT2D eigenvalue weighted by molar-refractivity contribution is 9.10. The van der Waals surface area contributed by atoms with Gasteiger partial charge in [0.2, 0.25) is 0 Å². The Morgan fingerprint density at radius 3 is 2.62 bits per heavy atom. The molecule has 1 aliphatic rings. The number of carbonyl (C=O) groups excluding carboxylic acids is 2. The SMILES string of the molecule is CCOC(=O)C(=[N+]=[N-])C1c2cccc(Br)c2C=CN1C(=O)OCC. The van der Waals surface area contributed by atoms with Crippen molar-refractivity contribution >= 4 is 39.8 Å². The first kappa shape index (κ1) is 17.9. The zero-order chi connectivity index (χ0) is 17.7. The number of amides is 1. The fourth-order valence-corrected chi connectivity index (χ4v) is 2.93. The summed E-state index contributed by atoms with van der Waals surface area (Å²) in [4.78, 5) is 28.7. The molecule has 1 aromatic carbocycles. The van der Waals surface area contributed by atoms with Crippen molar-refractivity contribution in [2.45, 2.75) is 19.9 Å². The topological polar surface area (TPSA) is 92.2 Å². The number of hydrogen-bond acceptors (Lipinski definition) is 4. The highest BCUT2D eigenvalue weighted by Gasteiger charge is 2.43. The van der Waals surface area contributed by atoms with E-state index in [4.69, 9.17) is 9.47 Å². The summed E-state index contributed by atoms with van der Waals surface area (Å²) in [5, 5.41) is 0. The number of hydrogen-bond donors (Lipinski definition) is 0. The molecule has 1 unspecified atom stereocenters. The van der Waals surface area contributed by atoms with Gasteiger partial charge in [0.1, 0.15) is 0 Å². The quantitative estimate of drug-likeness (QED) is 0.339. The maximum absolute atomic E-state index is 12.3. The first-order valence-corrected chi connectivity index (χ1v) is 8.15. The van der Waals surface area contributed by atoms with E-state index in [-0.39, 0.29) is 18.9 Å². The molecule has 2 rings (SSSR count). The molecule has 1 atom stereocenters. The van der Waals surface area contributed by atoms with Crippen molar-refractivity contribution in [1.29, 1.82) is 0 Å². The van der Waals surface area contributed by atoms with Gasteiger partial charge in [0.05, 0.1) is 13.2 Å². The number of nitrogens with zero attached hydrogens (tertiary/aromatic N) is 3. The average molecular weight is 394 g/mol. The van der Waals surface area contributed by atoms with Gasteiger partial charge < -0.3 is 15.0 Å². The highest BCUT2D eigenvalue weighted by atomic mass is 79.9. The first-order valence-electron chi connectivity index (χ1n) is 7.35.